The highest BCUT2D eigenvalue weighted by Crippen LogP contribution is 2.25. The minimum Gasteiger partial charge on any atom is -0.497 e. The summed E-state index contributed by atoms with van der Waals surface area (Å²) < 4.78 is 20.7. The summed E-state index contributed by atoms with van der Waals surface area (Å²) in [6.45, 7) is 0. The molecule has 0 spiro atoms. The van der Waals surface area contributed by atoms with Crippen molar-refractivity contribution in [2.45, 2.75) is 6.42 Å². The van der Waals surface area contributed by atoms with Gasteiger partial charge in [-0.3, -0.25) is 19.2 Å². The first-order valence-electron chi connectivity index (χ1n) is 14.5. The fraction of sp³-hybridized carbons (Fsp3) is 0.200. The second-order valence-electron chi connectivity index (χ2n) is 10.2. The fourth-order valence-electron chi connectivity index (χ4n) is 4.52. The maximum absolute atomic E-state index is 13.7. The van der Waals surface area contributed by atoms with Crippen molar-refractivity contribution in [3.8, 4) is 23.0 Å². The number of hydrogen-bond acceptors (Lipinski definition) is 8. The van der Waals surface area contributed by atoms with Gasteiger partial charge in [0, 0.05) is 22.7 Å². The van der Waals surface area contributed by atoms with Crippen molar-refractivity contribution in [3.05, 3.63) is 97.1 Å². The molecule has 4 aromatic carbocycles. The largest absolute Gasteiger partial charge is 0.497 e. The number of nitrogens with one attached hydrogen (secondary N) is 4. The lowest BCUT2D eigenvalue weighted by Crippen LogP contribution is -2.41. The van der Waals surface area contributed by atoms with E-state index in [0.717, 1.165) is 0 Å². The van der Waals surface area contributed by atoms with Crippen LogP contribution in [0.4, 0.5) is 22.7 Å². The Morgan fingerprint density at radius 1 is 0.404 bits per heavy atom. The number of carbonyl (C=O) groups is 4. The molecule has 0 atom stereocenters. The molecule has 4 aromatic rings. The van der Waals surface area contributed by atoms with Gasteiger partial charge in [-0.25, -0.2) is 0 Å². The van der Waals surface area contributed by atoms with Gasteiger partial charge in [0.2, 0.25) is 23.6 Å². The van der Waals surface area contributed by atoms with Crippen LogP contribution in [0.1, 0.15) is 6.42 Å². The number of hydrogen-bond donors (Lipinski definition) is 4. The van der Waals surface area contributed by atoms with Crippen molar-refractivity contribution >= 4 is 46.4 Å². The Morgan fingerprint density at radius 3 is 0.766 bits per heavy atom. The molecule has 0 aliphatic rings. The first kappa shape index (κ1) is 33.8. The Morgan fingerprint density at radius 2 is 0.596 bits per heavy atom. The molecule has 244 valence electrons. The summed E-state index contributed by atoms with van der Waals surface area (Å²) in [5.74, 6) is -3.56. The summed E-state index contributed by atoms with van der Waals surface area (Å²) in [6.07, 6.45) is -0.464. The minimum absolute atomic E-state index is 0.389. The molecule has 0 saturated heterocycles. The number of amides is 4. The highest BCUT2D eigenvalue weighted by molar-refractivity contribution is 6.14. The predicted molar refractivity (Wildman–Crippen MR) is 178 cm³/mol. The lowest BCUT2D eigenvalue weighted by Gasteiger charge is -2.22. The zero-order valence-electron chi connectivity index (χ0n) is 26.4. The normalized spacial score (nSPS) is 10.5. The van der Waals surface area contributed by atoms with E-state index in [1.54, 1.807) is 97.1 Å². The predicted octanol–water partition coefficient (Wildman–Crippen LogP) is 5.20. The van der Waals surface area contributed by atoms with E-state index in [1.165, 1.54) is 28.4 Å². The van der Waals surface area contributed by atoms with Crippen molar-refractivity contribution < 1.29 is 38.1 Å². The zero-order valence-corrected chi connectivity index (χ0v) is 26.4. The van der Waals surface area contributed by atoms with Gasteiger partial charge in [0.1, 0.15) is 34.8 Å². The number of ether oxygens (including phenoxy) is 4. The molecule has 0 aliphatic carbocycles. The third-order valence-corrected chi connectivity index (χ3v) is 7.17. The zero-order chi connectivity index (χ0) is 33.8. The van der Waals surface area contributed by atoms with Gasteiger partial charge in [-0.1, -0.05) is 0 Å². The number of methoxy groups -OCH3 is 4. The maximum atomic E-state index is 13.7. The van der Waals surface area contributed by atoms with Crippen LogP contribution in [0.3, 0.4) is 0 Å². The van der Waals surface area contributed by atoms with E-state index in [-0.39, 0.29) is 0 Å². The lowest BCUT2D eigenvalue weighted by atomic mass is 9.90. The number of rotatable bonds is 14. The summed E-state index contributed by atoms with van der Waals surface area (Å²) >= 11 is 0. The number of benzene rings is 4. The lowest BCUT2D eigenvalue weighted by molar-refractivity contribution is -0.133. The van der Waals surface area contributed by atoms with E-state index in [9.17, 15) is 19.2 Å². The van der Waals surface area contributed by atoms with E-state index in [1.807, 2.05) is 0 Å². The van der Waals surface area contributed by atoms with Crippen LogP contribution in [0.5, 0.6) is 23.0 Å². The quantitative estimate of drug-likeness (QED) is 0.137. The molecule has 47 heavy (non-hydrogen) atoms. The Bertz CT molecular complexity index is 1410. The van der Waals surface area contributed by atoms with Gasteiger partial charge in [0.25, 0.3) is 0 Å². The molecule has 0 aromatic heterocycles. The van der Waals surface area contributed by atoms with Crippen LogP contribution in [-0.4, -0.2) is 52.1 Å². The van der Waals surface area contributed by atoms with E-state index >= 15 is 0 Å². The summed E-state index contributed by atoms with van der Waals surface area (Å²) in [6, 6.07) is 26.1. The van der Waals surface area contributed by atoms with Crippen molar-refractivity contribution in [1.29, 1.82) is 0 Å². The van der Waals surface area contributed by atoms with Crippen molar-refractivity contribution in [1.82, 2.24) is 0 Å². The van der Waals surface area contributed by atoms with Crippen LogP contribution < -0.4 is 40.2 Å². The molecule has 4 rings (SSSR count). The summed E-state index contributed by atoms with van der Waals surface area (Å²) in [7, 11) is 6.06. The van der Waals surface area contributed by atoms with Crippen LogP contribution >= 0.6 is 0 Å². The number of anilines is 4. The summed E-state index contributed by atoms with van der Waals surface area (Å²) in [4.78, 5) is 54.9. The Labute approximate surface area is 272 Å². The Kier molecular flexibility index (Phi) is 11.8. The first-order valence-corrected chi connectivity index (χ1v) is 14.5. The molecular formula is C35H36N4O8. The van der Waals surface area contributed by atoms with E-state index < -0.39 is 41.9 Å². The molecule has 4 N–H and O–H groups in total. The molecule has 0 unspecified atom stereocenters. The van der Waals surface area contributed by atoms with E-state index in [0.29, 0.717) is 45.7 Å². The molecule has 0 fully saturated rings. The van der Waals surface area contributed by atoms with Gasteiger partial charge in [0.15, 0.2) is 0 Å². The monoisotopic (exact) mass is 640 g/mol. The summed E-state index contributed by atoms with van der Waals surface area (Å²) in [5, 5.41) is 10.9. The average Bonchev–Trinajstić information content (AvgIpc) is 3.09. The third-order valence-electron chi connectivity index (χ3n) is 7.17. The molecule has 12 heteroatoms. The molecular weight excluding hydrogens is 604 g/mol. The SMILES string of the molecule is COc1ccc(NC(=O)C(CC(C(=O)Nc2ccc(OC)cc2)C(=O)Nc2ccc(OC)cc2)C(=O)Nc2ccc(OC)cc2)cc1. The Hall–Kier alpha value is -6.04. The van der Waals surface area contributed by atoms with Gasteiger partial charge in [-0.2, -0.15) is 0 Å². The van der Waals surface area contributed by atoms with Gasteiger partial charge in [-0.15, -0.1) is 0 Å². The second kappa shape index (κ2) is 16.3. The van der Waals surface area contributed by atoms with E-state index in [2.05, 4.69) is 21.3 Å². The topological polar surface area (TPSA) is 153 Å². The van der Waals surface area contributed by atoms with Crippen LogP contribution in [0.15, 0.2) is 97.1 Å². The molecule has 0 heterocycles. The van der Waals surface area contributed by atoms with Crippen molar-refractivity contribution in [3.63, 3.8) is 0 Å². The molecule has 0 aliphatic heterocycles. The van der Waals surface area contributed by atoms with Crippen molar-refractivity contribution in [2.75, 3.05) is 49.7 Å². The molecule has 0 bridgehead atoms. The van der Waals surface area contributed by atoms with Gasteiger partial charge >= 0.3 is 0 Å². The van der Waals surface area contributed by atoms with Gasteiger partial charge in [0.05, 0.1) is 28.4 Å². The van der Waals surface area contributed by atoms with Crippen LogP contribution in [0.2, 0.25) is 0 Å². The molecule has 12 nitrogen and oxygen atoms in total. The highest BCUT2D eigenvalue weighted by atomic mass is 16.5. The second-order valence-corrected chi connectivity index (χ2v) is 10.2. The molecule has 0 radical (unpaired) electrons. The highest BCUT2D eigenvalue weighted by Gasteiger charge is 2.37. The van der Waals surface area contributed by atoms with Crippen LogP contribution in [0.25, 0.3) is 0 Å². The molecule has 0 saturated carbocycles. The average molecular weight is 641 g/mol. The first-order chi connectivity index (χ1) is 22.7. The van der Waals surface area contributed by atoms with E-state index in [4.69, 9.17) is 18.9 Å². The van der Waals surface area contributed by atoms with Crippen molar-refractivity contribution in [2.24, 2.45) is 11.8 Å². The van der Waals surface area contributed by atoms with Gasteiger partial charge < -0.3 is 40.2 Å². The van der Waals surface area contributed by atoms with Crippen LogP contribution in [-0.2, 0) is 19.2 Å². The Balaban J connectivity index is 1.65. The smallest absolute Gasteiger partial charge is 0.236 e. The summed E-state index contributed by atoms with van der Waals surface area (Å²) in [5.41, 5.74) is 1.56. The molecule has 4 amide bonds. The number of carbonyl (C=O) groups excluding carboxylic acids is 4. The van der Waals surface area contributed by atoms with Crippen LogP contribution in [0, 0.1) is 11.8 Å². The fourth-order valence-corrected chi connectivity index (χ4v) is 4.52. The third kappa shape index (κ3) is 9.47. The standard InChI is InChI=1S/C35H36N4O8/c1-44-26-13-5-22(6-14-26)36-32(40)30(33(41)37-23-7-15-27(45-2)16-8-23)21-31(34(42)38-24-9-17-28(46-3)18-10-24)35(43)39-25-11-19-29(47-4)20-12-25/h5-20,30-31H,21H2,1-4H3,(H,36,40)(H,37,41)(H,38,42)(H,39,43). The maximum Gasteiger partial charge on any atom is 0.236 e. The van der Waals surface area contributed by atoms with Gasteiger partial charge in [-0.05, 0) is 103 Å². The minimum atomic E-state index is -1.48.